The van der Waals surface area contributed by atoms with Crippen molar-refractivity contribution < 1.29 is 29.0 Å². The van der Waals surface area contributed by atoms with Gasteiger partial charge in [-0.3, -0.25) is 19.3 Å². The topological polar surface area (TPSA) is 112 Å². The summed E-state index contributed by atoms with van der Waals surface area (Å²) in [7, 11) is 2.12. The van der Waals surface area contributed by atoms with Crippen molar-refractivity contribution in [3.05, 3.63) is 0 Å². The van der Waals surface area contributed by atoms with Gasteiger partial charge in [0.15, 0.2) is 0 Å². The fraction of sp³-hybridized carbons (Fsp3) is 0.945. The summed E-state index contributed by atoms with van der Waals surface area (Å²) in [6.45, 7) is 14.9. The molecule has 65 heavy (non-hydrogen) atoms. The molecule has 0 spiro atoms. The maximum absolute atomic E-state index is 12.9. The summed E-state index contributed by atoms with van der Waals surface area (Å²) >= 11 is 0. The molecule has 1 atom stereocenters. The summed E-state index contributed by atoms with van der Waals surface area (Å²) in [5.41, 5.74) is 0. The molecule has 10 heteroatoms. The molecule has 1 saturated heterocycles. The minimum absolute atomic E-state index is 0.00719. The van der Waals surface area contributed by atoms with Gasteiger partial charge in [0.2, 0.25) is 5.91 Å². The Balaban J connectivity index is 2.42. The van der Waals surface area contributed by atoms with E-state index in [9.17, 15) is 19.5 Å². The standard InChI is InChI=1S/C55H108N4O6/c1-5-8-11-14-17-18-19-25-35-48-64-54(62)39-30-26-34-43-58(49-51(60)36-31-32-41-56-53(61)50-59-46-44-57(4)45-47-59)42-33-24-20-23-29-40-55(63)65-52(37-27-21-15-12-9-6-2)38-28-22-16-13-10-7-3/h51-52,60H,5-50H2,1-4H3,(H,56,61). The van der Waals surface area contributed by atoms with Crippen LogP contribution in [0, 0.1) is 0 Å². The minimum atomic E-state index is -0.399. The molecular formula is C55H108N4O6. The van der Waals surface area contributed by atoms with Crippen LogP contribution in [0.4, 0.5) is 0 Å². The first-order valence-corrected chi connectivity index (χ1v) is 28.2. The van der Waals surface area contributed by atoms with Crippen LogP contribution in [0.1, 0.15) is 252 Å². The van der Waals surface area contributed by atoms with E-state index >= 15 is 0 Å². The normalized spacial score (nSPS) is 14.1. The maximum Gasteiger partial charge on any atom is 0.306 e. The Morgan fingerprint density at radius 3 is 1.54 bits per heavy atom. The van der Waals surface area contributed by atoms with Gasteiger partial charge in [-0.2, -0.15) is 0 Å². The van der Waals surface area contributed by atoms with E-state index in [0.29, 0.717) is 39.1 Å². The van der Waals surface area contributed by atoms with Crippen LogP contribution in [0.2, 0.25) is 0 Å². The molecule has 0 saturated carbocycles. The maximum atomic E-state index is 12.9. The van der Waals surface area contributed by atoms with Gasteiger partial charge in [-0.15, -0.1) is 0 Å². The highest BCUT2D eigenvalue weighted by atomic mass is 16.5. The lowest BCUT2D eigenvalue weighted by Crippen LogP contribution is -2.48. The third-order valence-electron chi connectivity index (χ3n) is 13.5. The molecule has 1 aliphatic rings. The summed E-state index contributed by atoms with van der Waals surface area (Å²) < 4.78 is 11.6. The van der Waals surface area contributed by atoms with Gasteiger partial charge < -0.3 is 29.7 Å². The van der Waals surface area contributed by atoms with E-state index in [2.05, 4.69) is 47.8 Å². The van der Waals surface area contributed by atoms with E-state index in [1.807, 2.05) is 0 Å². The molecule has 0 aromatic rings. The zero-order chi connectivity index (χ0) is 47.3. The van der Waals surface area contributed by atoms with Gasteiger partial charge in [-0.1, -0.05) is 162 Å². The van der Waals surface area contributed by atoms with Gasteiger partial charge in [0.25, 0.3) is 0 Å². The molecule has 1 aliphatic heterocycles. The first-order valence-electron chi connectivity index (χ1n) is 28.2. The Morgan fingerprint density at radius 2 is 0.985 bits per heavy atom. The molecule has 1 fully saturated rings. The second kappa shape index (κ2) is 46.0. The Bertz CT molecular complexity index is 1060. The first-order chi connectivity index (χ1) is 31.8. The number of amides is 1. The second-order valence-corrected chi connectivity index (χ2v) is 20.0. The van der Waals surface area contributed by atoms with Crippen LogP contribution in [0.3, 0.4) is 0 Å². The number of hydrogen-bond donors (Lipinski definition) is 2. The summed E-state index contributed by atoms with van der Waals surface area (Å²) in [4.78, 5) is 44.7. The van der Waals surface area contributed by atoms with Gasteiger partial charge in [0.05, 0.1) is 19.3 Å². The molecule has 1 unspecified atom stereocenters. The van der Waals surface area contributed by atoms with Crippen LogP contribution < -0.4 is 5.32 Å². The zero-order valence-electron chi connectivity index (χ0n) is 43.5. The highest BCUT2D eigenvalue weighted by Gasteiger charge is 2.18. The van der Waals surface area contributed by atoms with Crippen molar-refractivity contribution in [1.29, 1.82) is 0 Å². The quantitative estimate of drug-likeness (QED) is 0.0455. The van der Waals surface area contributed by atoms with Gasteiger partial charge in [0.1, 0.15) is 6.10 Å². The zero-order valence-corrected chi connectivity index (χ0v) is 43.5. The number of aliphatic hydroxyl groups excluding tert-OH is 1. The number of nitrogens with zero attached hydrogens (tertiary/aromatic N) is 3. The number of piperazine rings is 1. The highest BCUT2D eigenvalue weighted by Crippen LogP contribution is 2.19. The molecule has 384 valence electrons. The van der Waals surface area contributed by atoms with Gasteiger partial charge in [-0.05, 0) is 97.2 Å². The average Bonchev–Trinajstić information content (AvgIpc) is 3.29. The monoisotopic (exact) mass is 921 g/mol. The molecule has 1 rings (SSSR count). The van der Waals surface area contributed by atoms with E-state index < -0.39 is 6.10 Å². The van der Waals surface area contributed by atoms with Crippen molar-refractivity contribution in [1.82, 2.24) is 20.0 Å². The molecular weight excluding hydrogens is 813 g/mol. The van der Waals surface area contributed by atoms with Crippen LogP contribution in [-0.2, 0) is 23.9 Å². The number of esters is 2. The molecule has 0 bridgehead atoms. The van der Waals surface area contributed by atoms with Gasteiger partial charge in [0, 0.05) is 52.1 Å². The predicted octanol–water partition coefficient (Wildman–Crippen LogP) is 12.6. The molecule has 0 aromatic carbocycles. The van der Waals surface area contributed by atoms with Crippen LogP contribution in [0.25, 0.3) is 0 Å². The van der Waals surface area contributed by atoms with Crippen molar-refractivity contribution >= 4 is 17.8 Å². The van der Waals surface area contributed by atoms with Crippen molar-refractivity contribution in [2.24, 2.45) is 0 Å². The Hall–Kier alpha value is -1.75. The number of ether oxygens (including phenoxy) is 2. The third-order valence-corrected chi connectivity index (χ3v) is 13.5. The lowest BCUT2D eigenvalue weighted by atomic mass is 10.0. The molecule has 0 aromatic heterocycles. The number of hydrogen-bond acceptors (Lipinski definition) is 9. The van der Waals surface area contributed by atoms with E-state index in [-0.39, 0.29) is 23.9 Å². The number of likely N-dealkylation sites (N-methyl/N-ethyl adjacent to an activating group) is 1. The first kappa shape index (κ1) is 61.3. The summed E-state index contributed by atoms with van der Waals surface area (Å²) in [6, 6.07) is 0. The number of rotatable bonds is 48. The Labute approximate surface area is 402 Å². The third kappa shape index (κ3) is 41.0. The van der Waals surface area contributed by atoms with Crippen molar-refractivity contribution in [2.75, 3.05) is 72.6 Å². The summed E-state index contributed by atoms with van der Waals surface area (Å²) in [5.74, 6) is 0.0218. The van der Waals surface area contributed by atoms with Crippen LogP contribution in [0.15, 0.2) is 0 Å². The van der Waals surface area contributed by atoms with E-state index in [0.717, 1.165) is 148 Å². The second-order valence-electron chi connectivity index (χ2n) is 20.0. The lowest BCUT2D eigenvalue weighted by Gasteiger charge is -2.31. The molecule has 1 heterocycles. The van der Waals surface area contributed by atoms with E-state index in [1.54, 1.807) is 0 Å². The van der Waals surface area contributed by atoms with Crippen molar-refractivity contribution in [3.63, 3.8) is 0 Å². The van der Waals surface area contributed by atoms with E-state index in [4.69, 9.17) is 9.47 Å². The molecule has 0 radical (unpaired) electrons. The average molecular weight is 921 g/mol. The number of unbranched alkanes of at least 4 members (excludes halogenated alkanes) is 25. The van der Waals surface area contributed by atoms with Crippen molar-refractivity contribution in [2.45, 2.75) is 264 Å². The largest absolute Gasteiger partial charge is 0.466 e. The van der Waals surface area contributed by atoms with Crippen molar-refractivity contribution in [3.8, 4) is 0 Å². The highest BCUT2D eigenvalue weighted by molar-refractivity contribution is 5.78. The number of nitrogens with one attached hydrogen (secondary N) is 1. The van der Waals surface area contributed by atoms with Gasteiger partial charge in [-0.25, -0.2) is 0 Å². The molecule has 1 amide bonds. The SMILES string of the molecule is CCCCCCCCCCCOC(=O)CCCCCN(CCCCCCCC(=O)OC(CCCCCCCC)CCCCCCCC)CC(O)CCCCNC(=O)CN1CCN(C)CC1. The summed E-state index contributed by atoms with van der Waals surface area (Å²) in [6.07, 6.45) is 39.7. The van der Waals surface area contributed by atoms with Crippen LogP contribution in [0.5, 0.6) is 0 Å². The predicted molar refractivity (Wildman–Crippen MR) is 273 cm³/mol. The molecule has 10 nitrogen and oxygen atoms in total. The molecule has 2 N–H and O–H groups in total. The number of aliphatic hydroxyl groups is 1. The lowest BCUT2D eigenvalue weighted by molar-refractivity contribution is -0.150. The fourth-order valence-corrected chi connectivity index (χ4v) is 9.08. The number of carbonyl (C=O) groups excluding carboxylic acids is 3. The minimum Gasteiger partial charge on any atom is -0.466 e. The Kier molecular flexibility index (Phi) is 43.4. The Morgan fingerprint density at radius 1 is 0.538 bits per heavy atom. The molecule has 0 aliphatic carbocycles. The van der Waals surface area contributed by atoms with Crippen LogP contribution in [-0.4, -0.2) is 122 Å². The summed E-state index contributed by atoms with van der Waals surface area (Å²) in [5, 5.41) is 14.1. The fourth-order valence-electron chi connectivity index (χ4n) is 9.08. The van der Waals surface area contributed by atoms with Crippen LogP contribution >= 0.6 is 0 Å². The smallest absolute Gasteiger partial charge is 0.306 e. The number of carbonyl (C=O) groups is 3. The van der Waals surface area contributed by atoms with E-state index in [1.165, 1.54) is 109 Å². The van der Waals surface area contributed by atoms with Gasteiger partial charge >= 0.3 is 11.9 Å².